The summed E-state index contributed by atoms with van der Waals surface area (Å²) < 4.78 is 0. The second-order valence-corrected chi connectivity index (χ2v) is 4.75. The summed E-state index contributed by atoms with van der Waals surface area (Å²) in [5, 5.41) is 13.6. The maximum atomic E-state index is 10.3. The number of hydrogen-bond donors (Lipinski definition) is 3. The van der Waals surface area contributed by atoms with Gasteiger partial charge < -0.3 is 15.4 Å². The Hall–Kier alpha value is -1.39. The molecule has 1 aromatic heterocycles. The molecule has 1 aliphatic rings. The molecule has 2 atom stereocenters. The summed E-state index contributed by atoms with van der Waals surface area (Å²) in [5.41, 5.74) is 2.91. The summed E-state index contributed by atoms with van der Waals surface area (Å²) in [5.74, 6) is 0.908. The van der Waals surface area contributed by atoms with Gasteiger partial charge in [-0.25, -0.2) is 4.98 Å². The molecule has 1 aliphatic heterocycles. The van der Waals surface area contributed by atoms with Crippen molar-refractivity contribution in [2.24, 2.45) is 0 Å². The van der Waals surface area contributed by atoms with E-state index >= 15 is 0 Å². The summed E-state index contributed by atoms with van der Waals surface area (Å²) in [6.07, 6.45) is 1.76. The lowest BCUT2D eigenvalue weighted by Gasteiger charge is -2.18. The average molecular weight is 231 g/mol. The number of aromatic nitrogens is 2. The summed E-state index contributed by atoms with van der Waals surface area (Å²) in [6.45, 7) is 2.95. The number of aromatic amines is 1. The van der Waals surface area contributed by atoms with Crippen molar-refractivity contribution < 1.29 is 5.11 Å². The van der Waals surface area contributed by atoms with Crippen LogP contribution in [0.4, 0.5) is 0 Å². The van der Waals surface area contributed by atoms with Gasteiger partial charge in [-0.2, -0.15) is 0 Å². The van der Waals surface area contributed by atoms with Gasteiger partial charge in [0.1, 0.15) is 5.82 Å². The molecule has 0 radical (unpaired) electrons. The Labute approximate surface area is 100 Å². The van der Waals surface area contributed by atoms with E-state index < -0.39 is 6.10 Å². The van der Waals surface area contributed by atoms with E-state index in [1.165, 1.54) is 0 Å². The number of aryl methyl sites for hydroxylation is 1. The Morgan fingerprint density at radius 1 is 1.47 bits per heavy atom. The molecule has 2 unspecified atom stereocenters. The van der Waals surface area contributed by atoms with Gasteiger partial charge in [0.05, 0.1) is 17.1 Å². The van der Waals surface area contributed by atoms with Crippen LogP contribution in [-0.4, -0.2) is 27.7 Å². The van der Waals surface area contributed by atoms with Gasteiger partial charge >= 0.3 is 0 Å². The maximum absolute atomic E-state index is 10.3. The number of H-pyrrole nitrogens is 1. The fraction of sp³-hybridized carbons (Fsp3) is 0.462. The fourth-order valence-electron chi connectivity index (χ4n) is 2.55. The highest BCUT2D eigenvalue weighted by molar-refractivity contribution is 5.75. The van der Waals surface area contributed by atoms with Gasteiger partial charge in [0.2, 0.25) is 0 Å². The number of rotatable bonds is 2. The van der Waals surface area contributed by atoms with Crippen LogP contribution in [0.5, 0.6) is 0 Å². The van der Waals surface area contributed by atoms with Crippen LogP contribution in [0.1, 0.15) is 30.3 Å². The number of fused-ring (bicyclic) bond motifs is 1. The molecule has 2 aromatic rings. The van der Waals surface area contributed by atoms with E-state index in [4.69, 9.17) is 0 Å². The molecule has 0 saturated carbocycles. The highest BCUT2D eigenvalue weighted by atomic mass is 16.3. The molecule has 17 heavy (non-hydrogen) atoms. The van der Waals surface area contributed by atoms with Gasteiger partial charge in [-0.3, -0.25) is 0 Å². The third-order valence-electron chi connectivity index (χ3n) is 3.45. The van der Waals surface area contributed by atoms with Crippen molar-refractivity contribution in [3.8, 4) is 0 Å². The van der Waals surface area contributed by atoms with E-state index in [1.54, 1.807) is 0 Å². The van der Waals surface area contributed by atoms with Crippen LogP contribution >= 0.6 is 0 Å². The average Bonchev–Trinajstić information content (AvgIpc) is 2.94. The third-order valence-corrected chi connectivity index (χ3v) is 3.45. The second kappa shape index (κ2) is 4.13. The van der Waals surface area contributed by atoms with Crippen LogP contribution in [0, 0.1) is 6.92 Å². The van der Waals surface area contributed by atoms with Crippen molar-refractivity contribution in [1.82, 2.24) is 15.3 Å². The topological polar surface area (TPSA) is 60.9 Å². The Bertz CT molecular complexity index is 528. The van der Waals surface area contributed by atoms with Crippen LogP contribution < -0.4 is 5.32 Å². The lowest BCUT2D eigenvalue weighted by atomic mass is 10.0. The molecule has 0 aliphatic carbocycles. The van der Waals surface area contributed by atoms with Crippen molar-refractivity contribution in [3.63, 3.8) is 0 Å². The fourth-order valence-corrected chi connectivity index (χ4v) is 2.55. The molecule has 0 bridgehead atoms. The Morgan fingerprint density at radius 3 is 3.12 bits per heavy atom. The molecule has 2 heterocycles. The molecule has 4 heteroatoms. The highest BCUT2D eigenvalue weighted by Gasteiger charge is 2.24. The Morgan fingerprint density at radius 2 is 2.35 bits per heavy atom. The molecule has 3 N–H and O–H groups in total. The van der Waals surface area contributed by atoms with E-state index in [0.717, 1.165) is 41.8 Å². The minimum Gasteiger partial charge on any atom is -0.387 e. The number of aliphatic hydroxyl groups excluding tert-OH is 1. The van der Waals surface area contributed by atoms with Crippen LogP contribution in [-0.2, 0) is 0 Å². The van der Waals surface area contributed by atoms with E-state index in [2.05, 4.69) is 15.3 Å². The van der Waals surface area contributed by atoms with E-state index in [-0.39, 0.29) is 6.04 Å². The highest BCUT2D eigenvalue weighted by Crippen LogP contribution is 2.25. The summed E-state index contributed by atoms with van der Waals surface area (Å²) in [7, 11) is 0. The Kier molecular flexibility index (Phi) is 2.61. The summed E-state index contributed by atoms with van der Waals surface area (Å²) in [4.78, 5) is 7.56. The number of nitrogens with one attached hydrogen (secondary N) is 2. The normalized spacial score (nSPS) is 22.1. The minimum absolute atomic E-state index is 0.191. The SMILES string of the molecule is Cc1nc2ccc(C(O)C3CCCN3)cc2[nH]1. The molecule has 1 saturated heterocycles. The lowest BCUT2D eigenvalue weighted by Crippen LogP contribution is -2.28. The monoisotopic (exact) mass is 231 g/mol. The molecule has 0 amide bonds. The van der Waals surface area contributed by atoms with Gasteiger partial charge in [-0.1, -0.05) is 6.07 Å². The van der Waals surface area contributed by atoms with Gasteiger partial charge in [-0.15, -0.1) is 0 Å². The molecule has 1 aromatic carbocycles. The molecule has 3 rings (SSSR count). The van der Waals surface area contributed by atoms with Gasteiger partial charge in [0.15, 0.2) is 0 Å². The van der Waals surface area contributed by atoms with Gasteiger partial charge in [-0.05, 0) is 44.0 Å². The first-order chi connectivity index (χ1) is 8.24. The maximum Gasteiger partial charge on any atom is 0.104 e. The third kappa shape index (κ3) is 1.94. The predicted molar refractivity (Wildman–Crippen MR) is 66.8 cm³/mol. The van der Waals surface area contributed by atoms with Crippen molar-refractivity contribution in [2.75, 3.05) is 6.54 Å². The molecule has 1 fully saturated rings. The van der Waals surface area contributed by atoms with Gasteiger partial charge in [0, 0.05) is 6.04 Å². The lowest BCUT2D eigenvalue weighted by molar-refractivity contribution is 0.137. The van der Waals surface area contributed by atoms with Crippen molar-refractivity contribution in [2.45, 2.75) is 31.9 Å². The first-order valence-electron chi connectivity index (χ1n) is 6.12. The smallest absolute Gasteiger partial charge is 0.104 e. The number of benzene rings is 1. The quantitative estimate of drug-likeness (QED) is 0.736. The zero-order valence-corrected chi connectivity index (χ0v) is 9.90. The van der Waals surface area contributed by atoms with Crippen molar-refractivity contribution in [3.05, 3.63) is 29.6 Å². The van der Waals surface area contributed by atoms with Crippen LogP contribution in [0.3, 0.4) is 0 Å². The summed E-state index contributed by atoms with van der Waals surface area (Å²) >= 11 is 0. The van der Waals surface area contributed by atoms with Crippen LogP contribution in [0.2, 0.25) is 0 Å². The predicted octanol–water partition coefficient (Wildman–Crippen LogP) is 1.66. The number of hydrogen-bond acceptors (Lipinski definition) is 3. The first-order valence-corrected chi connectivity index (χ1v) is 6.12. The first kappa shape index (κ1) is 10.7. The zero-order chi connectivity index (χ0) is 11.8. The van der Waals surface area contributed by atoms with Crippen molar-refractivity contribution in [1.29, 1.82) is 0 Å². The van der Waals surface area contributed by atoms with Crippen LogP contribution in [0.15, 0.2) is 18.2 Å². The zero-order valence-electron chi connectivity index (χ0n) is 9.90. The molecular formula is C13H17N3O. The van der Waals surface area contributed by atoms with Gasteiger partial charge in [0.25, 0.3) is 0 Å². The molecular weight excluding hydrogens is 214 g/mol. The second-order valence-electron chi connectivity index (χ2n) is 4.75. The van der Waals surface area contributed by atoms with E-state index in [1.807, 2.05) is 25.1 Å². The molecule has 4 nitrogen and oxygen atoms in total. The standard InChI is InChI=1S/C13H17N3O/c1-8-15-10-5-4-9(7-12(10)16-8)13(17)11-3-2-6-14-11/h4-5,7,11,13-14,17H,2-3,6H2,1H3,(H,15,16). The number of imidazole rings is 1. The Balaban J connectivity index is 1.93. The minimum atomic E-state index is -0.425. The van der Waals surface area contributed by atoms with Crippen molar-refractivity contribution >= 4 is 11.0 Å². The molecule has 90 valence electrons. The summed E-state index contributed by atoms with van der Waals surface area (Å²) in [6, 6.07) is 6.12. The number of nitrogens with zero attached hydrogens (tertiary/aromatic N) is 1. The largest absolute Gasteiger partial charge is 0.387 e. The molecule has 0 spiro atoms. The van der Waals surface area contributed by atoms with E-state index in [9.17, 15) is 5.11 Å². The van der Waals surface area contributed by atoms with E-state index in [0.29, 0.717) is 0 Å². The van der Waals surface area contributed by atoms with Crippen LogP contribution in [0.25, 0.3) is 11.0 Å². The number of aliphatic hydroxyl groups is 1.